The summed E-state index contributed by atoms with van der Waals surface area (Å²) < 4.78 is 6.96. The van der Waals surface area contributed by atoms with Crippen LogP contribution in [0.15, 0.2) is 42.5 Å². The van der Waals surface area contributed by atoms with Gasteiger partial charge < -0.3 is 10.1 Å². The summed E-state index contributed by atoms with van der Waals surface area (Å²) in [6.07, 6.45) is 0.122. The lowest BCUT2D eigenvalue weighted by Gasteiger charge is -2.11. The van der Waals surface area contributed by atoms with E-state index in [1.165, 1.54) is 0 Å². The van der Waals surface area contributed by atoms with E-state index >= 15 is 0 Å². The van der Waals surface area contributed by atoms with Gasteiger partial charge in [-0.15, -0.1) is 15.3 Å². The van der Waals surface area contributed by atoms with Gasteiger partial charge in [0.15, 0.2) is 11.5 Å². The second-order valence-corrected chi connectivity index (χ2v) is 4.81. The zero-order valence-corrected chi connectivity index (χ0v) is 12.0. The molecule has 0 bridgehead atoms. The molecule has 21 heavy (non-hydrogen) atoms. The summed E-state index contributed by atoms with van der Waals surface area (Å²) in [6.45, 7) is 2.69. The van der Waals surface area contributed by atoms with Crippen molar-refractivity contribution in [2.24, 2.45) is 0 Å². The van der Waals surface area contributed by atoms with Crippen LogP contribution in [0.1, 0.15) is 6.92 Å². The van der Waals surface area contributed by atoms with E-state index in [0.717, 1.165) is 22.9 Å². The lowest BCUT2D eigenvalue weighted by molar-refractivity contribution is 0.128. The number of benzene rings is 1. The van der Waals surface area contributed by atoms with Crippen LogP contribution in [-0.4, -0.2) is 39.6 Å². The third kappa shape index (κ3) is 2.85. The van der Waals surface area contributed by atoms with Crippen molar-refractivity contribution in [1.82, 2.24) is 19.8 Å². The van der Waals surface area contributed by atoms with Crippen LogP contribution in [-0.2, 0) is 4.74 Å². The Hall–Kier alpha value is -2.47. The fourth-order valence-corrected chi connectivity index (χ4v) is 1.98. The Balaban J connectivity index is 1.93. The minimum atomic E-state index is 0.122. The first kappa shape index (κ1) is 13.5. The first-order chi connectivity index (χ1) is 10.3. The lowest BCUT2D eigenvalue weighted by atomic mass is 10.2. The fraction of sp³-hybridized carbons (Fsp3) is 0.267. The number of methoxy groups -OCH3 is 1. The number of nitrogens with one attached hydrogen (secondary N) is 1. The highest BCUT2D eigenvalue weighted by Gasteiger charge is 2.09. The summed E-state index contributed by atoms with van der Waals surface area (Å²) in [5, 5.41) is 16.1. The summed E-state index contributed by atoms with van der Waals surface area (Å²) in [7, 11) is 1.69. The first-order valence-electron chi connectivity index (χ1n) is 6.82. The van der Waals surface area contributed by atoms with Gasteiger partial charge in [-0.3, -0.25) is 0 Å². The molecule has 0 fully saturated rings. The summed E-state index contributed by atoms with van der Waals surface area (Å²) >= 11 is 0. The van der Waals surface area contributed by atoms with Crippen LogP contribution in [0.25, 0.3) is 17.0 Å². The molecule has 0 aliphatic carbocycles. The molecule has 3 rings (SSSR count). The van der Waals surface area contributed by atoms with Crippen molar-refractivity contribution >= 4 is 11.5 Å². The monoisotopic (exact) mass is 283 g/mol. The molecule has 3 aromatic rings. The van der Waals surface area contributed by atoms with Crippen molar-refractivity contribution < 1.29 is 4.74 Å². The molecule has 0 saturated carbocycles. The average Bonchev–Trinajstić information content (AvgIpc) is 2.96. The maximum absolute atomic E-state index is 5.22. The molecule has 108 valence electrons. The molecular formula is C15H17N5O. The summed E-state index contributed by atoms with van der Waals surface area (Å²) in [4.78, 5) is 0. The van der Waals surface area contributed by atoms with E-state index in [0.29, 0.717) is 6.54 Å². The molecule has 2 heterocycles. The normalized spacial score (nSPS) is 12.5. The predicted octanol–water partition coefficient (Wildman–Crippen LogP) is 2.24. The molecule has 1 aromatic carbocycles. The van der Waals surface area contributed by atoms with Gasteiger partial charge >= 0.3 is 0 Å². The van der Waals surface area contributed by atoms with Crippen molar-refractivity contribution in [3.05, 3.63) is 42.5 Å². The van der Waals surface area contributed by atoms with Crippen molar-refractivity contribution in [3.63, 3.8) is 0 Å². The van der Waals surface area contributed by atoms with Gasteiger partial charge in [0.1, 0.15) is 5.82 Å². The van der Waals surface area contributed by atoms with Gasteiger partial charge in [-0.25, -0.2) is 0 Å². The van der Waals surface area contributed by atoms with Gasteiger partial charge in [0.05, 0.1) is 6.10 Å². The summed E-state index contributed by atoms with van der Waals surface area (Å²) in [5.41, 5.74) is 1.71. The number of hydrogen-bond donors (Lipinski definition) is 1. The van der Waals surface area contributed by atoms with E-state index in [9.17, 15) is 0 Å². The molecule has 6 heteroatoms. The Kier molecular flexibility index (Phi) is 3.79. The Morgan fingerprint density at radius 2 is 1.95 bits per heavy atom. The van der Waals surface area contributed by atoms with Crippen molar-refractivity contribution in [2.75, 3.05) is 19.0 Å². The number of anilines is 1. The Bertz CT molecular complexity index is 725. The van der Waals surface area contributed by atoms with Crippen molar-refractivity contribution in [1.29, 1.82) is 0 Å². The molecule has 0 radical (unpaired) electrons. The Labute approximate surface area is 122 Å². The van der Waals surface area contributed by atoms with Crippen LogP contribution in [0, 0.1) is 0 Å². The second-order valence-electron chi connectivity index (χ2n) is 4.81. The van der Waals surface area contributed by atoms with Crippen molar-refractivity contribution in [3.8, 4) is 11.4 Å². The second kappa shape index (κ2) is 5.88. The minimum Gasteiger partial charge on any atom is -0.380 e. The van der Waals surface area contributed by atoms with Gasteiger partial charge in [-0.2, -0.15) is 4.52 Å². The number of nitrogens with zero attached hydrogens (tertiary/aromatic N) is 4. The highest BCUT2D eigenvalue weighted by molar-refractivity contribution is 5.59. The minimum absolute atomic E-state index is 0.122. The van der Waals surface area contributed by atoms with Crippen LogP contribution in [0.5, 0.6) is 0 Å². The number of fused-ring (bicyclic) bond motifs is 1. The van der Waals surface area contributed by atoms with Crippen LogP contribution in [0.4, 0.5) is 5.82 Å². The Morgan fingerprint density at radius 3 is 2.71 bits per heavy atom. The molecule has 1 N–H and O–H groups in total. The quantitative estimate of drug-likeness (QED) is 0.778. The molecule has 0 amide bonds. The molecule has 0 spiro atoms. The molecule has 1 unspecified atom stereocenters. The molecule has 2 aromatic heterocycles. The highest BCUT2D eigenvalue weighted by Crippen LogP contribution is 2.17. The standard InChI is InChI=1S/C15H17N5O/c1-11(21-2)10-16-13-8-9-14-17-18-15(20(14)19-13)12-6-4-3-5-7-12/h3-9,11H,10H2,1-2H3,(H,16,19). The highest BCUT2D eigenvalue weighted by atomic mass is 16.5. The van der Waals surface area contributed by atoms with E-state index in [1.807, 2.05) is 49.4 Å². The number of ether oxygens (including phenoxy) is 1. The molecule has 0 aliphatic rings. The Morgan fingerprint density at radius 1 is 1.14 bits per heavy atom. The summed E-state index contributed by atoms with van der Waals surface area (Å²) in [5.74, 6) is 1.50. The zero-order valence-electron chi connectivity index (χ0n) is 12.0. The van der Waals surface area contributed by atoms with E-state index < -0.39 is 0 Å². The first-order valence-corrected chi connectivity index (χ1v) is 6.82. The van der Waals surface area contributed by atoms with Gasteiger partial charge in [0.2, 0.25) is 0 Å². The lowest BCUT2D eigenvalue weighted by Crippen LogP contribution is -2.19. The number of hydrogen-bond acceptors (Lipinski definition) is 5. The van der Waals surface area contributed by atoms with Crippen LogP contribution < -0.4 is 5.32 Å². The fourth-order valence-electron chi connectivity index (χ4n) is 1.98. The number of aromatic nitrogens is 4. The molecule has 1 atom stereocenters. The topological polar surface area (TPSA) is 64.3 Å². The van der Waals surface area contributed by atoms with E-state index in [2.05, 4.69) is 20.6 Å². The smallest absolute Gasteiger partial charge is 0.185 e. The zero-order chi connectivity index (χ0) is 14.7. The number of rotatable bonds is 5. The SMILES string of the molecule is COC(C)CNc1ccc2nnc(-c3ccccc3)n2n1. The molecule has 0 saturated heterocycles. The van der Waals surface area contributed by atoms with E-state index in [4.69, 9.17) is 4.74 Å². The van der Waals surface area contributed by atoms with Crippen LogP contribution in [0.3, 0.4) is 0 Å². The van der Waals surface area contributed by atoms with Gasteiger partial charge in [-0.05, 0) is 19.1 Å². The molecule has 0 aliphatic heterocycles. The van der Waals surface area contributed by atoms with E-state index in [-0.39, 0.29) is 6.10 Å². The largest absolute Gasteiger partial charge is 0.380 e. The van der Waals surface area contributed by atoms with Crippen molar-refractivity contribution in [2.45, 2.75) is 13.0 Å². The van der Waals surface area contributed by atoms with Gasteiger partial charge in [0.25, 0.3) is 0 Å². The average molecular weight is 283 g/mol. The summed E-state index contributed by atoms with van der Waals surface area (Å²) in [6, 6.07) is 13.7. The van der Waals surface area contributed by atoms with Crippen LogP contribution in [0.2, 0.25) is 0 Å². The molecule has 6 nitrogen and oxygen atoms in total. The maximum atomic E-state index is 5.22. The van der Waals surface area contributed by atoms with Crippen LogP contribution >= 0.6 is 0 Å². The maximum Gasteiger partial charge on any atom is 0.185 e. The third-order valence-electron chi connectivity index (χ3n) is 3.27. The molecular weight excluding hydrogens is 266 g/mol. The van der Waals surface area contributed by atoms with Gasteiger partial charge in [-0.1, -0.05) is 30.3 Å². The van der Waals surface area contributed by atoms with E-state index in [1.54, 1.807) is 11.6 Å². The predicted molar refractivity (Wildman–Crippen MR) is 81.2 cm³/mol. The van der Waals surface area contributed by atoms with Gasteiger partial charge in [0, 0.05) is 19.2 Å². The third-order valence-corrected chi connectivity index (χ3v) is 3.27.